The SMILES string of the molecule is CCCCC(N)(N)S(=O)(=O)c1cccc2c(N(C)C)cccc12. The lowest BCUT2D eigenvalue weighted by Gasteiger charge is -2.25. The maximum absolute atomic E-state index is 13.0. The molecule has 0 heterocycles. The van der Waals surface area contributed by atoms with Gasteiger partial charge >= 0.3 is 0 Å². The molecule has 0 bridgehead atoms. The van der Waals surface area contributed by atoms with Crippen LogP contribution >= 0.6 is 0 Å². The number of fused-ring (bicyclic) bond motifs is 1. The van der Waals surface area contributed by atoms with Crippen molar-refractivity contribution < 1.29 is 8.42 Å². The lowest BCUT2D eigenvalue weighted by Crippen LogP contribution is -2.56. The molecule has 6 heteroatoms. The molecule has 0 spiro atoms. The summed E-state index contributed by atoms with van der Waals surface area (Å²) < 4.78 is 26.0. The predicted molar refractivity (Wildman–Crippen MR) is 96.1 cm³/mol. The van der Waals surface area contributed by atoms with Crippen molar-refractivity contribution in [1.82, 2.24) is 0 Å². The third-order valence-electron chi connectivity index (χ3n) is 4.05. The number of anilines is 1. The Morgan fingerprint density at radius 3 is 2.26 bits per heavy atom. The first-order chi connectivity index (χ1) is 10.7. The minimum absolute atomic E-state index is 0.194. The van der Waals surface area contributed by atoms with Gasteiger partial charge in [0.15, 0.2) is 4.99 Å². The molecule has 0 saturated heterocycles. The fourth-order valence-corrected chi connectivity index (χ4v) is 4.23. The summed E-state index contributed by atoms with van der Waals surface area (Å²) in [6.45, 7) is 1.98. The summed E-state index contributed by atoms with van der Waals surface area (Å²) in [7, 11) is 0.00514. The molecule has 23 heavy (non-hydrogen) atoms. The van der Waals surface area contributed by atoms with Gasteiger partial charge < -0.3 is 16.4 Å². The molecule has 0 amide bonds. The Morgan fingerprint density at radius 1 is 1.04 bits per heavy atom. The van der Waals surface area contributed by atoms with Crippen molar-refractivity contribution in [2.24, 2.45) is 11.5 Å². The molecule has 0 saturated carbocycles. The summed E-state index contributed by atoms with van der Waals surface area (Å²) in [5, 5.41) is 1.51. The first kappa shape index (κ1) is 17.7. The Kier molecular flexibility index (Phi) is 4.98. The smallest absolute Gasteiger partial charge is 0.211 e. The van der Waals surface area contributed by atoms with Crippen molar-refractivity contribution in [3.63, 3.8) is 0 Å². The molecule has 126 valence electrons. The highest BCUT2D eigenvalue weighted by Crippen LogP contribution is 2.33. The van der Waals surface area contributed by atoms with Gasteiger partial charge in [0.2, 0.25) is 9.84 Å². The van der Waals surface area contributed by atoms with E-state index in [0.29, 0.717) is 11.8 Å². The Bertz CT molecular complexity index is 799. The normalized spacial score (nSPS) is 12.6. The zero-order valence-corrected chi connectivity index (χ0v) is 14.7. The van der Waals surface area contributed by atoms with E-state index < -0.39 is 14.8 Å². The van der Waals surface area contributed by atoms with Crippen LogP contribution in [0.4, 0.5) is 5.69 Å². The molecule has 0 atom stereocenters. The summed E-state index contributed by atoms with van der Waals surface area (Å²) in [4.78, 5) is 0.388. The number of nitrogens with two attached hydrogens (primary N) is 2. The van der Waals surface area contributed by atoms with Gasteiger partial charge in [0.05, 0.1) is 4.90 Å². The van der Waals surface area contributed by atoms with Gasteiger partial charge in [-0.15, -0.1) is 0 Å². The third kappa shape index (κ3) is 3.20. The quantitative estimate of drug-likeness (QED) is 0.792. The third-order valence-corrected chi connectivity index (χ3v) is 6.19. The fourth-order valence-electron chi connectivity index (χ4n) is 2.68. The van der Waals surface area contributed by atoms with Crippen LogP contribution in [0.25, 0.3) is 10.8 Å². The highest BCUT2D eigenvalue weighted by molar-refractivity contribution is 7.93. The zero-order valence-electron chi connectivity index (χ0n) is 13.9. The van der Waals surface area contributed by atoms with E-state index in [9.17, 15) is 8.42 Å². The number of hydrogen-bond donors (Lipinski definition) is 2. The molecule has 4 N–H and O–H groups in total. The van der Waals surface area contributed by atoms with E-state index >= 15 is 0 Å². The molecule has 5 nitrogen and oxygen atoms in total. The van der Waals surface area contributed by atoms with Crippen LogP contribution in [0.2, 0.25) is 0 Å². The highest BCUT2D eigenvalue weighted by atomic mass is 32.2. The maximum atomic E-state index is 13.0. The number of rotatable bonds is 6. The lowest BCUT2D eigenvalue weighted by atomic mass is 10.1. The molecule has 2 rings (SSSR count). The van der Waals surface area contributed by atoms with E-state index in [1.807, 2.05) is 44.1 Å². The summed E-state index contributed by atoms with van der Waals surface area (Å²) in [5.74, 6) is 0. The number of hydrogen-bond acceptors (Lipinski definition) is 5. The van der Waals surface area contributed by atoms with Crippen LogP contribution < -0.4 is 16.4 Å². The molecule has 0 aliphatic carbocycles. The average Bonchev–Trinajstić information content (AvgIpc) is 2.51. The van der Waals surface area contributed by atoms with Gasteiger partial charge in [-0.2, -0.15) is 0 Å². The van der Waals surface area contributed by atoms with Crippen molar-refractivity contribution in [2.45, 2.75) is 36.1 Å². The molecule has 0 aliphatic heterocycles. The van der Waals surface area contributed by atoms with E-state index in [1.54, 1.807) is 18.2 Å². The Balaban J connectivity index is 2.67. The summed E-state index contributed by atoms with van der Waals surface area (Å²) in [6, 6.07) is 10.8. The molecule has 2 aromatic carbocycles. The minimum atomic E-state index is -3.84. The Morgan fingerprint density at radius 2 is 1.65 bits per heavy atom. The van der Waals surface area contributed by atoms with Gasteiger partial charge in [0.25, 0.3) is 0 Å². The van der Waals surface area contributed by atoms with E-state index in [-0.39, 0.29) is 11.3 Å². The lowest BCUT2D eigenvalue weighted by molar-refractivity contribution is 0.485. The molecular formula is C17H25N3O2S. The second-order valence-corrected chi connectivity index (χ2v) is 8.29. The van der Waals surface area contributed by atoms with E-state index in [4.69, 9.17) is 11.5 Å². The van der Waals surface area contributed by atoms with Crippen LogP contribution in [0.5, 0.6) is 0 Å². The van der Waals surface area contributed by atoms with Gasteiger partial charge in [-0.1, -0.05) is 37.6 Å². The number of sulfone groups is 1. The molecular weight excluding hydrogens is 310 g/mol. The molecule has 0 unspecified atom stereocenters. The number of nitrogens with zero attached hydrogens (tertiary/aromatic N) is 1. The van der Waals surface area contributed by atoms with Crippen LogP contribution in [0.3, 0.4) is 0 Å². The average molecular weight is 335 g/mol. The summed E-state index contributed by atoms with van der Waals surface area (Å²) >= 11 is 0. The zero-order chi connectivity index (χ0) is 17.3. The minimum Gasteiger partial charge on any atom is -0.377 e. The molecule has 0 radical (unpaired) electrons. The topological polar surface area (TPSA) is 89.4 Å². The predicted octanol–water partition coefficient (Wildman–Crippen LogP) is 2.44. The highest BCUT2D eigenvalue weighted by Gasteiger charge is 2.37. The standard InChI is InChI=1S/C17H25N3O2S/c1-4-5-12-17(18,19)23(21,22)16-11-7-8-13-14(16)9-6-10-15(13)20(2)3/h6-11H,4-5,12,18-19H2,1-3H3. The van der Waals surface area contributed by atoms with Crippen LogP contribution in [-0.4, -0.2) is 27.5 Å². The molecule has 0 fully saturated rings. The molecule has 2 aromatic rings. The first-order valence-electron chi connectivity index (χ1n) is 7.74. The second-order valence-electron chi connectivity index (χ2n) is 6.08. The molecule has 0 aliphatic rings. The van der Waals surface area contributed by atoms with Crippen LogP contribution in [-0.2, 0) is 9.84 Å². The van der Waals surface area contributed by atoms with Crippen LogP contribution in [0.15, 0.2) is 41.3 Å². The Hall–Kier alpha value is -1.63. The number of unbranched alkanes of at least 4 members (excludes halogenated alkanes) is 1. The van der Waals surface area contributed by atoms with E-state index in [2.05, 4.69) is 0 Å². The second kappa shape index (κ2) is 6.47. The fraction of sp³-hybridized carbons (Fsp3) is 0.412. The van der Waals surface area contributed by atoms with Crippen LogP contribution in [0.1, 0.15) is 26.2 Å². The van der Waals surface area contributed by atoms with Gasteiger partial charge in [0.1, 0.15) is 0 Å². The van der Waals surface area contributed by atoms with E-state index in [1.165, 1.54) is 0 Å². The Labute approximate surface area is 138 Å². The van der Waals surface area contributed by atoms with Gasteiger partial charge in [-0.25, -0.2) is 8.42 Å². The van der Waals surface area contributed by atoms with Crippen molar-refractivity contribution in [2.75, 3.05) is 19.0 Å². The summed E-state index contributed by atoms with van der Waals surface area (Å²) in [5.41, 5.74) is 12.9. The van der Waals surface area contributed by atoms with Gasteiger partial charge in [-0.05, 0) is 25.0 Å². The maximum Gasteiger partial charge on any atom is 0.211 e. The number of benzene rings is 2. The molecule has 0 aromatic heterocycles. The van der Waals surface area contributed by atoms with E-state index in [0.717, 1.165) is 17.5 Å². The largest absolute Gasteiger partial charge is 0.377 e. The van der Waals surface area contributed by atoms with Crippen LogP contribution in [0, 0.1) is 0 Å². The van der Waals surface area contributed by atoms with Gasteiger partial charge in [-0.3, -0.25) is 0 Å². The first-order valence-corrected chi connectivity index (χ1v) is 9.22. The monoisotopic (exact) mass is 335 g/mol. The van der Waals surface area contributed by atoms with Crippen molar-refractivity contribution in [1.29, 1.82) is 0 Å². The van der Waals surface area contributed by atoms with Gasteiger partial charge in [0, 0.05) is 30.6 Å². The van der Waals surface area contributed by atoms with Crippen molar-refractivity contribution >= 4 is 26.3 Å². The van der Waals surface area contributed by atoms with Crippen molar-refractivity contribution in [3.8, 4) is 0 Å². The summed E-state index contributed by atoms with van der Waals surface area (Å²) in [6.07, 6.45) is 1.74. The van der Waals surface area contributed by atoms with Crippen molar-refractivity contribution in [3.05, 3.63) is 36.4 Å².